The zero-order valence-corrected chi connectivity index (χ0v) is 18.0. The van der Waals surface area contributed by atoms with Crippen LogP contribution in [0.2, 0.25) is 0 Å². The lowest BCUT2D eigenvalue weighted by atomic mass is 10.2. The summed E-state index contributed by atoms with van der Waals surface area (Å²) >= 11 is 0. The Morgan fingerprint density at radius 2 is 1.90 bits per heavy atom. The first-order valence-corrected chi connectivity index (χ1v) is 11.5. The van der Waals surface area contributed by atoms with E-state index in [9.17, 15) is 13.2 Å². The van der Waals surface area contributed by atoms with Crippen LogP contribution in [0.1, 0.15) is 31.5 Å². The first-order valence-electron chi connectivity index (χ1n) is 10.1. The number of hydrogen-bond donors (Lipinski definition) is 1. The SMILES string of the molecule is Cn1ccc(NC(=O)CCc2nc3cc(S(=O)(=O)N4CCCCC4)ccc3n2C)n1. The summed E-state index contributed by atoms with van der Waals surface area (Å²) in [4.78, 5) is 17.1. The van der Waals surface area contributed by atoms with Crippen molar-refractivity contribution in [2.75, 3.05) is 18.4 Å². The minimum atomic E-state index is -3.50. The van der Waals surface area contributed by atoms with Gasteiger partial charge in [-0.3, -0.25) is 9.48 Å². The maximum atomic E-state index is 12.9. The number of piperidine rings is 1. The molecule has 4 rings (SSSR count). The summed E-state index contributed by atoms with van der Waals surface area (Å²) in [7, 11) is 0.157. The number of carbonyl (C=O) groups is 1. The first-order chi connectivity index (χ1) is 14.3. The van der Waals surface area contributed by atoms with Gasteiger partial charge in [0.2, 0.25) is 15.9 Å². The molecule has 1 aliphatic heterocycles. The third kappa shape index (κ3) is 4.10. The number of aryl methyl sites for hydroxylation is 3. The molecule has 10 heteroatoms. The molecule has 0 saturated carbocycles. The van der Waals surface area contributed by atoms with Gasteiger partial charge in [-0.25, -0.2) is 13.4 Å². The van der Waals surface area contributed by atoms with Crippen LogP contribution in [0, 0.1) is 0 Å². The molecule has 1 saturated heterocycles. The van der Waals surface area contributed by atoms with Crippen LogP contribution in [-0.4, -0.2) is 51.1 Å². The smallest absolute Gasteiger partial charge is 0.243 e. The van der Waals surface area contributed by atoms with Crippen LogP contribution in [0.5, 0.6) is 0 Å². The van der Waals surface area contributed by atoms with Crippen LogP contribution in [0.15, 0.2) is 35.4 Å². The lowest BCUT2D eigenvalue weighted by molar-refractivity contribution is -0.116. The summed E-state index contributed by atoms with van der Waals surface area (Å²) in [6.45, 7) is 1.14. The van der Waals surface area contributed by atoms with E-state index in [4.69, 9.17) is 0 Å². The number of anilines is 1. The van der Waals surface area contributed by atoms with Crippen LogP contribution < -0.4 is 5.32 Å². The number of carbonyl (C=O) groups excluding carboxylic acids is 1. The number of amides is 1. The summed E-state index contributed by atoms with van der Waals surface area (Å²) in [5.74, 6) is 1.10. The molecule has 0 radical (unpaired) electrons. The monoisotopic (exact) mass is 430 g/mol. The molecule has 160 valence electrons. The van der Waals surface area contributed by atoms with Crippen LogP contribution in [0.25, 0.3) is 11.0 Å². The fraction of sp³-hybridized carbons (Fsp3) is 0.450. The van der Waals surface area contributed by atoms with E-state index in [-0.39, 0.29) is 17.2 Å². The molecule has 30 heavy (non-hydrogen) atoms. The molecule has 3 aromatic rings. The predicted octanol–water partition coefficient (Wildman–Crippen LogP) is 2.05. The maximum absolute atomic E-state index is 12.9. The second-order valence-corrected chi connectivity index (χ2v) is 9.56. The van der Waals surface area contributed by atoms with Crippen molar-refractivity contribution in [3.63, 3.8) is 0 Å². The Morgan fingerprint density at radius 3 is 2.60 bits per heavy atom. The van der Waals surface area contributed by atoms with Gasteiger partial charge in [0.05, 0.1) is 15.9 Å². The van der Waals surface area contributed by atoms with Gasteiger partial charge in [-0.05, 0) is 31.0 Å². The average Bonchev–Trinajstić information content (AvgIpc) is 3.29. The van der Waals surface area contributed by atoms with Crippen LogP contribution >= 0.6 is 0 Å². The van der Waals surface area contributed by atoms with E-state index in [1.807, 2.05) is 11.6 Å². The van der Waals surface area contributed by atoms with Gasteiger partial charge >= 0.3 is 0 Å². The molecule has 9 nitrogen and oxygen atoms in total. The first kappa shape index (κ1) is 20.5. The highest BCUT2D eigenvalue weighted by atomic mass is 32.2. The van der Waals surface area contributed by atoms with Gasteiger partial charge in [0.15, 0.2) is 5.82 Å². The lowest BCUT2D eigenvalue weighted by Gasteiger charge is -2.25. The van der Waals surface area contributed by atoms with Gasteiger partial charge in [0.25, 0.3) is 0 Å². The highest BCUT2D eigenvalue weighted by Gasteiger charge is 2.26. The Bertz CT molecular complexity index is 1170. The Kier molecular flexibility index (Phi) is 5.61. The van der Waals surface area contributed by atoms with E-state index in [0.29, 0.717) is 30.8 Å². The molecular formula is C20H26N6O3S. The standard InChI is InChI=1S/C20H26N6O3S/c1-24-13-10-18(23-24)22-20(27)9-8-19-21-16-14-15(6-7-17(16)25(19)2)30(28,29)26-11-4-3-5-12-26/h6-7,10,13-14H,3-5,8-9,11-12H2,1-2H3,(H,22,23,27). The normalized spacial score (nSPS) is 15.5. The number of rotatable bonds is 6. The van der Waals surface area contributed by atoms with Crippen molar-refractivity contribution in [3.05, 3.63) is 36.3 Å². The minimum Gasteiger partial charge on any atom is -0.331 e. The van der Waals surface area contributed by atoms with E-state index in [0.717, 1.165) is 30.6 Å². The molecule has 3 heterocycles. The van der Waals surface area contributed by atoms with Gasteiger partial charge < -0.3 is 9.88 Å². The molecule has 0 unspecified atom stereocenters. The Morgan fingerprint density at radius 1 is 1.13 bits per heavy atom. The van der Waals surface area contributed by atoms with Crippen molar-refractivity contribution in [3.8, 4) is 0 Å². The zero-order valence-electron chi connectivity index (χ0n) is 17.2. The van der Waals surface area contributed by atoms with Gasteiger partial charge in [-0.2, -0.15) is 9.40 Å². The Balaban J connectivity index is 1.50. The molecular weight excluding hydrogens is 404 g/mol. The number of aromatic nitrogens is 4. The second-order valence-electron chi connectivity index (χ2n) is 7.63. The predicted molar refractivity (Wildman–Crippen MR) is 113 cm³/mol. The molecule has 1 aromatic carbocycles. The number of benzene rings is 1. The molecule has 1 aliphatic rings. The third-order valence-corrected chi connectivity index (χ3v) is 7.35. The molecule has 2 aromatic heterocycles. The molecule has 0 spiro atoms. The minimum absolute atomic E-state index is 0.144. The second kappa shape index (κ2) is 8.19. The largest absolute Gasteiger partial charge is 0.331 e. The van der Waals surface area contributed by atoms with Gasteiger partial charge in [-0.1, -0.05) is 6.42 Å². The van der Waals surface area contributed by atoms with Crippen molar-refractivity contribution in [2.24, 2.45) is 14.1 Å². The number of sulfonamides is 1. The van der Waals surface area contributed by atoms with Crippen LogP contribution in [-0.2, 0) is 35.3 Å². The topological polar surface area (TPSA) is 102 Å². The fourth-order valence-electron chi connectivity index (χ4n) is 3.78. The number of hydrogen-bond acceptors (Lipinski definition) is 5. The molecule has 0 bridgehead atoms. The zero-order chi connectivity index (χ0) is 21.3. The Hall–Kier alpha value is -2.72. The summed E-state index contributed by atoms with van der Waals surface area (Å²) < 4.78 is 31.0. The summed E-state index contributed by atoms with van der Waals surface area (Å²) in [5, 5.41) is 6.89. The Labute approximate surface area is 175 Å². The quantitative estimate of drug-likeness (QED) is 0.645. The number of fused-ring (bicyclic) bond motifs is 1. The summed E-state index contributed by atoms with van der Waals surface area (Å²) in [6.07, 6.45) is 5.33. The highest BCUT2D eigenvalue weighted by molar-refractivity contribution is 7.89. The fourth-order valence-corrected chi connectivity index (χ4v) is 5.32. The summed E-state index contributed by atoms with van der Waals surface area (Å²) in [6, 6.07) is 6.80. The highest BCUT2D eigenvalue weighted by Crippen LogP contribution is 2.25. The van der Waals surface area contributed by atoms with Crippen molar-refractivity contribution in [1.82, 2.24) is 23.6 Å². The molecule has 1 N–H and O–H groups in total. The maximum Gasteiger partial charge on any atom is 0.243 e. The van der Waals surface area contributed by atoms with Crippen molar-refractivity contribution < 1.29 is 13.2 Å². The summed E-state index contributed by atoms with van der Waals surface area (Å²) in [5.41, 5.74) is 1.46. The molecule has 0 atom stereocenters. The van der Waals surface area contributed by atoms with Crippen molar-refractivity contribution >= 4 is 32.8 Å². The van der Waals surface area contributed by atoms with Crippen LogP contribution in [0.3, 0.4) is 0 Å². The van der Waals surface area contributed by atoms with E-state index >= 15 is 0 Å². The van der Waals surface area contributed by atoms with E-state index in [2.05, 4.69) is 15.4 Å². The molecule has 0 aliphatic carbocycles. The van der Waals surface area contributed by atoms with Gasteiger partial charge in [0, 0.05) is 52.3 Å². The average molecular weight is 431 g/mol. The molecule has 1 amide bonds. The molecule has 1 fully saturated rings. The number of nitrogens with zero attached hydrogens (tertiary/aromatic N) is 5. The third-order valence-electron chi connectivity index (χ3n) is 5.45. The van der Waals surface area contributed by atoms with Crippen LogP contribution in [0.4, 0.5) is 5.82 Å². The lowest BCUT2D eigenvalue weighted by Crippen LogP contribution is -2.35. The van der Waals surface area contributed by atoms with Gasteiger partial charge in [0.1, 0.15) is 5.82 Å². The van der Waals surface area contributed by atoms with Crippen molar-refractivity contribution in [2.45, 2.75) is 37.0 Å². The number of imidazole rings is 1. The van der Waals surface area contributed by atoms with E-state index in [1.54, 1.807) is 46.5 Å². The van der Waals surface area contributed by atoms with Gasteiger partial charge in [-0.15, -0.1) is 0 Å². The van der Waals surface area contributed by atoms with E-state index < -0.39 is 10.0 Å². The number of nitrogens with one attached hydrogen (secondary N) is 1. The van der Waals surface area contributed by atoms with Crippen molar-refractivity contribution in [1.29, 1.82) is 0 Å². The van der Waals surface area contributed by atoms with E-state index in [1.165, 1.54) is 0 Å².